The van der Waals surface area contributed by atoms with Gasteiger partial charge in [-0.1, -0.05) is 0 Å². The van der Waals surface area contributed by atoms with Crippen LogP contribution in [0.1, 0.15) is 12.8 Å². The summed E-state index contributed by atoms with van der Waals surface area (Å²) >= 11 is 0. The van der Waals surface area contributed by atoms with Crippen LogP contribution in [-0.2, 0) is 9.59 Å². The smallest absolute Gasteiger partial charge is 0.303 e. The van der Waals surface area contributed by atoms with E-state index in [-0.39, 0.29) is 12.8 Å². The van der Waals surface area contributed by atoms with Gasteiger partial charge in [-0.05, 0) is 0 Å². The van der Waals surface area contributed by atoms with E-state index in [9.17, 15) is 9.59 Å². The quantitative estimate of drug-likeness (QED) is 0.327. The summed E-state index contributed by atoms with van der Waals surface area (Å²) in [4.78, 5) is 19.3. The number of rotatable bonds is 7. The molecule has 0 atom stereocenters. The molecule has 0 spiro atoms. The van der Waals surface area contributed by atoms with Gasteiger partial charge in [-0.2, -0.15) is 0 Å². The van der Waals surface area contributed by atoms with E-state index < -0.39 is 11.9 Å². The molecule has 0 rings (SSSR count). The van der Waals surface area contributed by atoms with E-state index >= 15 is 0 Å². The first-order valence-electron chi connectivity index (χ1n) is 4.59. The van der Waals surface area contributed by atoms with E-state index in [4.69, 9.17) is 21.7 Å². The maximum absolute atomic E-state index is 9.64. The number of carbonyl (C=O) groups is 2. The Bertz CT molecular complexity index is 157. The Labute approximate surface area is 88.4 Å². The van der Waals surface area contributed by atoms with Gasteiger partial charge in [0.25, 0.3) is 0 Å². The fraction of sp³-hybridized carbons (Fsp3) is 0.750. The molecule has 0 unspecified atom stereocenters. The van der Waals surface area contributed by atoms with Gasteiger partial charge < -0.3 is 27.0 Å². The average Bonchev–Trinajstić information content (AvgIpc) is 2.17. The minimum Gasteiger partial charge on any atom is -0.481 e. The number of hydrogen-bond donors (Lipinski definition) is 5. The second kappa shape index (κ2) is 12.8. The Morgan fingerprint density at radius 1 is 0.933 bits per heavy atom. The number of carboxylic acid groups (broad SMARTS) is 2. The highest BCUT2D eigenvalue weighted by molar-refractivity contribution is 5.75. The molecule has 0 aromatic rings. The van der Waals surface area contributed by atoms with Gasteiger partial charge in [0.1, 0.15) is 0 Å². The van der Waals surface area contributed by atoms with Crippen LogP contribution in [0.4, 0.5) is 0 Å². The summed E-state index contributed by atoms with van der Waals surface area (Å²) in [6.45, 7) is 3.13. The molecule has 0 aliphatic rings. The van der Waals surface area contributed by atoms with Crippen molar-refractivity contribution in [3.63, 3.8) is 0 Å². The van der Waals surface area contributed by atoms with Crippen molar-refractivity contribution in [3.8, 4) is 0 Å². The summed E-state index contributed by atoms with van der Waals surface area (Å²) in [5.41, 5.74) is 10.3. The van der Waals surface area contributed by atoms with E-state index in [0.717, 1.165) is 13.1 Å². The molecule has 0 aliphatic heterocycles. The maximum Gasteiger partial charge on any atom is 0.303 e. The predicted octanol–water partition coefficient (Wildman–Crippen LogP) is -1.57. The third kappa shape index (κ3) is 24.5. The molecule has 0 aromatic carbocycles. The second-order valence-electron chi connectivity index (χ2n) is 2.61. The summed E-state index contributed by atoms with van der Waals surface area (Å²) in [7, 11) is 0. The maximum atomic E-state index is 9.64. The first kappa shape index (κ1) is 16.3. The molecule has 0 aromatic heterocycles. The van der Waals surface area contributed by atoms with Crippen LogP contribution in [0.25, 0.3) is 0 Å². The van der Waals surface area contributed by atoms with Crippen molar-refractivity contribution in [2.75, 3.05) is 26.2 Å². The lowest BCUT2D eigenvalue weighted by Crippen LogP contribution is -2.27. The second-order valence-corrected chi connectivity index (χ2v) is 2.61. The molecule has 0 fully saturated rings. The highest BCUT2D eigenvalue weighted by atomic mass is 16.4. The molecule has 7 nitrogen and oxygen atoms in total. The minimum atomic E-state index is -1.08. The van der Waals surface area contributed by atoms with Crippen LogP contribution in [0.15, 0.2) is 0 Å². The summed E-state index contributed by atoms with van der Waals surface area (Å²) in [5, 5.41) is 18.8. The zero-order valence-electron chi connectivity index (χ0n) is 8.61. The SMILES string of the molecule is NCCNCCN.O=C(O)CCC(=O)O. The van der Waals surface area contributed by atoms with Gasteiger partial charge in [-0.3, -0.25) is 9.59 Å². The molecule has 0 amide bonds. The Morgan fingerprint density at radius 2 is 1.27 bits per heavy atom. The number of carboxylic acids is 2. The molecule has 90 valence electrons. The Balaban J connectivity index is 0. The van der Waals surface area contributed by atoms with Crippen molar-refractivity contribution in [2.24, 2.45) is 11.5 Å². The number of nitrogens with one attached hydrogen (secondary N) is 1. The van der Waals surface area contributed by atoms with E-state index in [1.807, 2.05) is 0 Å². The van der Waals surface area contributed by atoms with Gasteiger partial charge >= 0.3 is 11.9 Å². The van der Waals surface area contributed by atoms with Crippen molar-refractivity contribution in [3.05, 3.63) is 0 Å². The van der Waals surface area contributed by atoms with Crippen LogP contribution in [-0.4, -0.2) is 48.3 Å². The molecule has 0 saturated heterocycles. The van der Waals surface area contributed by atoms with E-state index in [0.29, 0.717) is 13.1 Å². The predicted molar refractivity (Wildman–Crippen MR) is 55.5 cm³/mol. The van der Waals surface area contributed by atoms with Gasteiger partial charge in [0, 0.05) is 26.2 Å². The summed E-state index contributed by atoms with van der Waals surface area (Å²) < 4.78 is 0. The number of aliphatic carboxylic acids is 2. The molecular formula is C8H19N3O4. The van der Waals surface area contributed by atoms with Crippen LogP contribution in [0.5, 0.6) is 0 Å². The third-order valence-corrected chi connectivity index (χ3v) is 1.19. The van der Waals surface area contributed by atoms with Crippen LogP contribution in [0.2, 0.25) is 0 Å². The Morgan fingerprint density at radius 3 is 1.47 bits per heavy atom. The highest BCUT2D eigenvalue weighted by Gasteiger charge is 2.00. The van der Waals surface area contributed by atoms with Gasteiger partial charge in [-0.15, -0.1) is 0 Å². The monoisotopic (exact) mass is 221 g/mol. The van der Waals surface area contributed by atoms with Gasteiger partial charge in [0.2, 0.25) is 0 Å². The van der Waals surface area contributed by atoms with Gasteiger partial charge in [0.15, 0.2) is 0 Å². The van der Waals surface area contributed by atoms with Gasteiger partial charge in [-0.25, -0.2) is 0 Å². The van der Waals surface area contributed by atoms with E-state index in [2.05, 4.69) is 5.32 Å². The summed E-state index contributed by atoms with van der Waals surface area (Å²) in [6.07, 6.45) is -0.593. The molecule has 0 aliphatic carbocycles. The molecule has 0 saturated carbocycles. The minimum absolute atomic E-state index is 0.296. The zero-order valence-corrected chi connectivity index (χ0v) is 8.61. The molecule has 0 bridgehead atoms. The normalized spacial score (nSPS) is 8.93. The lowest BCUT2D eigenvalue weighted by molar-refractivity contribution is -0.143. The van der Waals surface area contributed by atoms with Crippen molar-refractivity contribution in [2.45, 2.75) is 12.8 Å². The average molecular weight is 221 g/mol. The van der Waals surface area contributed by atoms with Gasteiger partial charge in [0.05, 0.1) is 12.8 Å². The zero-order chi connectivity index (χ0) is 12.1. The third-order valence-electron chi connectivity index (χ3n) is 1.19. The molecule has 0 radical (unpaired) electrons. The first-order valence-corrected chi connectivity index (χ1v) is 4.59. The summed E-state index contributed by atoms with van der Waals surface area (Å²) in [6, 6.07) is 0. The summed E-state index contributed by atoms with van der Waals surface area (Å²) in [5.74, 6) is -2.15. The van der Waals surface area contributed by atoms with Crippen molar-refractivity contribution >= 4 is 11.9 Å². The van der Waals surface area contributed by atoms with Crippen molar-refractivity contribution in [1.29, 1.82) is 0 Å². The van der Waals surface area contributed by atoms with Crippen LogP contribution in [0, 0.1) is 0 Å². The molecule has 7 heteroatoms. The fourth-order valence-electron chi connectivity index (χ4n) is 0.543. The number of hydrogen-bond acceptors (Lipinski definition) is 5. The standard InChI is InChI=1S/C4H13N3.C4H6O4/c5-1-3-7-4-2-6;5-3(6)1-2-4(7)8/h7H,1-6H2;1-2H2,(H,5,6)(H,7,8). The van der Waals surface area contributed by atoms with Crippen LogP contribution >= 0.6 is 0 Å². The lowest BCUT2D eigenvalue weighted by atomic mass is 10.3. The van der Waals surface area contributed by atoms with Crippen LogP contribution < -0.4 is 16.8 Å². The largest absolute Gasteiger partial charge is 0.481 e. The van der Waals surface area contributed by atoms with Crippen LogP contribution in [0.3, 0.4) is 0 Å². The molecule has 7 N–H and O–H groups in total. The Hall–Kier alpha value is -1.18. The topological polar surface area (TPSA) is 139 Å². The Kier molecular flexibility index (Phi) is 13.9. The molecule has 0 heterocycles. The lowest BCUT2D eigenvalue weighted by Gasteiger charge is -1.95. The fourth-order valence-corrected chi connectivity index (χ4v) is 0.543. The van der Waals surface area contributed by atoms with E-state index in [1.165, 1.54) is 0 Å². The highest BCUT2D eigenvalue weighted by Crippen LogP contribution is 1.86. The first-order chi connectivity index (χ1) is 7.04. The van der Waals surface area contributed by atoms with Crippen molar-refractivity contribution < 1.29 is 19.8 Å². The molecular weight excluding hydrogens is 202 g/mol. The molecule has 15 heavy (non-hydrogen) atoms. The van der Waals surface area contributed by atoms with Crippen molar-refractivity contribution in [1.82, 2.24) is 5.32 Å². The number of nitrogens with two attached hydrogens (primary N) is 2. The van der Waals surface area contributed by atoms with E-state index in [1.54, 1.807) is 0 Å².